The lowest BCUT2D eigenvalue weighted by Crippen LogP contribution is -2.03. The molecule has 1 N–H and O–H groups in total. The van der Waals surface area contributed by atoms with Crippen LogP contribution in [0.3, 0.4) is 0 Å². The van der Waals surface area contributed by atoms with Gasteiger partial charge in [-0.3, -0.25) is 0 Å². The SMILES string of the molecule is N#C/C(=C\Nc1cc(Cl)cc(Cl)c1)c1nc(-c2cc3cc(Br)ccc3oc2=O)cs1. The fraction of sp³-hybridized carbons (Fsp3) is 0. The molecule has 0 amide bonds. The standard InChI is InChI=1S/C21H10BrCl2N3O2S/c22-13-1-2-19-11(3-13)4-17(21(28)29-19)18-10-30-20(27-18)12(8-25)9-26-16-6-14(23)5-15(24)7-16/h1-7,9-10,26H/b12-9+. The summed E-state index contributed by atoms with van der Waals surface area (Å²) in [6.07, 6.45) is 1.52. The summed E-state index contributed by atoms with van der Waals surface area (Å²) in [5.41, 5.74) is 1.71. The van der Waals surface area contributed by atoms with E-state index in [0.29, 0.717) is 43.2 Å². The van der Waals surface area contributed by atoms with E-state index in [9.17, 15) is 10.1 Å². The molecular weight excluding hydrogens is 509 g/mol. The third-order valence-electron chi connectivity index (χ3n) is 4.07. The molecule has 0 saturated heterocycles. The number of nitriles is 1. The van der Waals surface area contributed by atoms with Gasteiger partial charge in [-0.1, -0.05) is 39.1 Å². The van der Waals surface area contributed by atoms with Crippen LogP contribution in [0.5, 0.6) is 0 Å². The molecule has 4 aromatic rings. The molecule has 0 atom stereocenters. The maximum Gasteiger partial charge on any atom is 0.345 e. The van der Waals surface area contributed by atoms with Gasteiger partial charge in [-0.2, -0.15) is 5.26 Å². The van der Waals surface area contributed by atoms with E-state index < -0.39 is 5.63 Å². The number of hydrogen-bond donors (Lipinski definition) is 1. The molecule has 2 aromatic heterocycles. The van der Waals surface area contributed by atoms with Crippen molar-refractivity contribution in [2.75, 3.05) is 5.32 Å². The van der Waals surface area contributed by atoms with Crippen LogP contribution in [0.2, 0.25) is 10.0 Å². The zero-order valence-corrected chi connectivity index (χ0v) is 18.9. The highest BCUT2D eigenvalue weighted by molar-refractivity contribution is 9.10. The molecule has 0 aliphatic rings. The van der Waals surface area contributed by atoms with E-state index in [1.54, 1.807) is 41.8 Å². The summed E-state index contributed by atoms with van der Waals surface area (Å²) in [5, 5.41) is 16.4. The Morgan fingerprint density at radius 3 is 2.70 bits per heavy atom. The van der Waals surface area contributed by atoms with Crippen LogP contribution in [0.4, 0.5) is 5.69 Å². The van der Waals surface area contributed by atoms with E-state index in [4.69, 9.17) is 27.6 Å². The third-order valence-corrected chi connectivity index (χ3v) is 5.88. The largest absolute Gasteiger partial charge is 0.422 e. The minimum absolute atomic E-state index is 0.301. The lowest BCUT2D eigenvalue weighted by molar-refractivity contribution is 0.563. The van der Waals surface area contributed by atoms with Crippen molar-refractivity contribution < 1.29 is 4.42 Å². The summed E-state index contributed by atoms with van der Waals surface area (Å²) in [7, 11) is 0. The quantitative estimate of drug-likeness (QED) is 0.233. The van der Waals surface area contributed by atoms with Crippen molar-refractivity contribution in [1.29, 1.82) is 5.26 Å². The molecule has 30 heavy (non-hydrogen) atoms. The van der Waals surface area contributed by atoms with Crippen LogP contribution in [0.15, 0.2) is 67.7 Å². The number of aromatic nitrogens is 1. The Balaban J connectivity index is 1.67. The Bertz CT molecular complexity index is 1390. The maximum atomic E-state index is 12.4. The Kier molecular flexibility index (Phi) is 5.93. The fourth-order valence-corrected chi connectivity index (χ4v) is 4.42. The van der Waals surface area contributed by atoms with Gasteiger partial charge in [0.25, 0.3) is 0 Å². The van der Waals surface area contributed by atoms with Gasteiger partial charge in [-0.05, 0) is 42.5 Å². The fourth-order valence-electron chi connectivity index (χ4n) is 2.73. The second-order valence-electron chi connectivity index (χ2n) is 6.14. The summed E-state index contributed by atoms with van der Waals surface area (Å²) in [4.78, 5) is 16.9. The van der Waals surface area contributed by atoms with Crippen LogP contribution in [0.25, 0.3) is 27.8 Å². The van der Waals surface area contributed by atoms with Crippen LogP contribution < -0.4 is 10.9 Å². The highest BCUT2D eigenvalue weighted by Crippen LogP contribution is 2.28. The lowest BCUT2D eigenvalue weighted by atomic mass is 10.1. The molecule has 2 aromatic carbocycles. The van der Waals surface area contributed by atoms with Crippen molar-refractivity contribution in [3.05, 3.63) is 84.0 Å². The average Bonchev–Trinajstić information content (AvgIpc) is 3.17. The van der Waals surface area contributed by atoms with Gasteiger partial charge < -0.3 is 9.73 Å². The van der Waals surface area contributed by atoms with E-state index >= 15 is 0 Å². The Labute approximate surface area is 193 Å². The van der Waals surface area contributed by atoms with Crippen molar-refractivity contribution >= 4 is 72.7 Å². The van der Waals surface area contributed by atoms with Crippen molar-refractivity contribution in [2.45, 2.75) is 0 Å². The molecule has 0 fully saturated rings. The second kappa shape index (κ2) is 8.62. The van der Waals surface area contributed by atoms with E-state index in [1.165, 1.54) is 17.5 Å². The van der Waals surface area contributed by atoms with Crippen LogP contribution in [-0.4, -0.2) is 4.98 Å². The highest BCUT2D eigenvalue weighted by Gasteiger charge is 2.14. The zero-order valence-electron chi connectivity index (χ0n) is 14.9. The number of fused-ring (bicyclic) bond motifs is 1. The molecule has 4 rings (SSSR count). The van der Waals surface area contributed by atoms with Crippen molar-refractivity contribution in [1.82, 2.24) is 4.98 Å². The number of hydrogen-bond acceptors (Lipinski definition) is 6. The molecule has 0 aliphatic heterocycles. The smallest absolute Gasteiger partial charge is 0.345 e. The monoisotopic (exact) mass is 517 g/mol. The lowest BCUT2D eigenvalue weighted by Gasteiger charge is -2.03. The van der Waals surface area contributed by atoms with Crippen LogP contribution in [-0.2, 0) is 0 Å². The Morgan fingerprint density at radius 1 is 1.20 bits per heavy atom. The minimum atomic E-state index is -0.490. The number of nitrogens with one attached hydrogen (secondary N) is 1. The van der Waals surface area contributed by atoms with Crippen molar-refractivity contribution in [2.24, 2.45) is 0 Å². The maximum absolute atomic E-state index is 12.4. The zero-order chi connectivity index (χ0) is 21.3. The number of allylic oxidation sites excluding steroid dienone is 1. The van der Waals surface area contributed by atoms with Gasteiger partial charge in [0, 0.05) is 37.2 Å². The molecule has 5 nitrogen and oxygen atoms in total. The van der Waals surface area contributed by atoms with Gasteiger partial charge in [0.1, 0.15) is 22.2 Å². The molecule has 0 aliphatic carbocycles. The van der Waals surface area contributed by atoms with Gasteiger partial charge in [-0.25, -0.2) is 9.78 Å². The summed E-state index contributed by atoms with van der Waals surface area (Å²) >= 11 is 16.6. The highest BCUT2D eigenvalue weighted by atomic mass is 79.9. The molecule has 2 heterocycles. The Morgan fingerprint density at radius 2 is 1.97 bits per heavy atom. The first-order chi connectivity index (χ1) is 14.4. The molecule has 0 radical (unpaired) electrons. The third kappa shape index (κ3) is 4.42. The molecule has 148 valence electrons. The minimum Gasteiger partial charge on any atom is -0.422 e. The first kappa shape index (κ1) is 20.6. The number of benzene rings is 2. The van der Waals surface area contributed by atoms with Crippen LogP contribution in [0.1, 0.15) is 5.01 Å². The van der Waals surface area contributed by atoms with Crippen LogP contribution in [0, 0.1) is 11.3 Å². The van der Waals surface area contributed by atoms with Gasteiger partial charge >= 0.3 is 5.63 Å². The summed E-state index contributed by atoms with van der Waals surface area (Å²) in [6, 6.07) is 14.2. The topological polar surface area (TPSA) is 78.9 Å². The van der Waals surface area contributed by atoms with E-state index in [0.717, 1.165) is 9.86 Å². The van der Waals surface area contributed by atoms with Crippen molar-refractivity contribution in [3.63, 3.8) is 0 Å². The number of halogens is 3. The number of anilines is 1. The van der Waals surface area contributed by atoms with E-state index in [1.807, 2.05) is 6.07 Å². The number of thiazole rings is 1. The first-order valence-corrected chi connectivity index (χ1v) is 10.9. The summed E-state index contributed by atoms with van der Waals surface area (Å²) in [5.74, 6) is 0. The van der Waals surface area contributed by atoms with Crippen molar-refractivity contribution in [3.8, 4) is 17.3 Å². The number of nitrogens with zero attached hydrogens (tertiary/aromatic N) is 2. The first-order valence-electron chi connectivity index (χ1n) is 8.45. The molecule has 9 heteroatoms. The molecule has 0 spiro atoms. The molecule has 0 saturated carbocycles. The van der Waals surface area contributed by atoms with Gasteiger partial charge in [-0.15, -0.1) is 11.3 Å². The second-order valence-corrected chi connectivity index (χ2v) is 8.79. The molecule has 0 bridgehead atoms. The normalized spacial score (nSPS) is 11.5. The molecular formula is C21H10BrCl2N3O2S. The molecule has 0 unspecified atom stereocenters. The van der Waals surface area contributed by atoms with Gasteiger partial charge in [0.15, 0.2) is 0 Å². The Hall–Kier alpha value is -2.63. The van der Waals surface area contributed by atoms with E-state index in [-0.39, 0.29) is 0 Å². The predicted molar refractivity (Wildman–Crippen MR) is 125 cm³/mol. The van der Waals surface area contributed by atoms with E-state index in [2.05, 4.69) is 32.3 Å². The average molecular weight is 519 g/mol. The number of rotatable bonds is 4. The summed E-state index contributed by atoms with van der Waals surface area (Å²) in [6.45, 7) is 0. The van der Waals surface area contributed by atoms with Gasteiger partial charge in [0.2, 0.25) is 0 Å². The van der Waals surface area contributed by atoms with Crippen LogP contribution >= 0.6 is 50.5 Å². The van der Waals surface area contributed by atoms with Gasteiger partial charge in [0.05, 0.1) is 11.3 Å². The summed E-state index contributed by atoms with van der Waals surface area (Å²) < 4.78 is 6.27. The predicted octanol–water partition coefficient (Wildman–Crippen LogP) is 6.96.